The van der Waals surface area contributed by atoms with Crippen LogP contribution in [0.2, 0.25) is 0 Å². The van der Waals surface area contributed by atoms with Gasteiger partial charge in [-0.3, -0.25) is 9.59 Å². The number of hydrogen-bond acceptors (Lipinski definition) is 4. The highest BCUT2D eigenvalue weighted by Crippen LogP contribution is 2.36. The molecule has 23 heavy (non-hydrogen) atoms. The minimum atomic E-state index is -1.04. The number of benzene rings is 1. The van der Waals surface area contributed by atoms with Crippen LogP contribution >= 0.6 is 15.9 Å². The molecule has 1 heterocycles. The van der Waals surface area contributed by atoms with E-state index in [1.54, 1.807) is 6.07 Å². The highest BCUT2D eigenvalue weighted by molar-refractivity contribution is 9.10. The zero-order valence-electron chi connectivity index (χ0n) is 12.3. The second-order valence-electron chi connectivity index (χ2n) is 5.62. The van der Waals surface area contributed by atoms with E-state index in [9.17, 15) is 19.5 Å². The molecule has 8 heteroatoms. The summed E-state index contributed by atoms with van der Waals surface area (Å²) in [5.41, 5.74) is 0.800. The molecular weight excluding hydrogens is 368 g/mol. The Bertz CT molecular complexity index is 701. The molecule has 7 nitrogen and oxygen atoms in total. The maximum Gasteiger partial charge on any atom is 0.326 e. The number of carboxylic acid groups (broad SMARTS) is 1. The maximum absolute atomic E-state index is 12.8. The number of hydrogen-bond donors (Lipinski definition) is 2. The number of carbonyl (C=O) groups is 3. The predicted molar refractivity (Wildman–Crippen MR) is 84.6 cm³/mol. The van der Waals surface area contributed by atoms with E-state index in [1.165, 1.54) is 17.9 Å². The molecular formula is C15H15BrN2O5. The van der Waals surface area contributed by atoms with Crippen LogP contribution in [0.5, 0.6) is 5.75 Å². The van der Waals surface area contributed by atoms with E-state index in [1.807, 2.05) is 0 Å². The molecule has 0 saturated heterocycles. The first kappa shape index (κ1) is 15.8. The molecule has 1 fully saturated rings. The quantitative estimate of drug-likeness (QED) is 0.828. The van der Waals surface area contributed by atoms with Gasteiger partial charge in [-0.05, 0) is 47.8 Å². The first-order valence-corrected chi connectivity index (χ1v) is 7.99. The number of carbonyl (C=O) groups excluding carboxylic acids is 2. The zero-order valence-corrected chi connectivity index (χ0v) is 13.9. The molecule has 0 bridgehead atoms. The number of ether oxygens (including phenoxy) is 1. The van der Waals surface area contributed by atoms with Crippen molar-refractivity contribution in [1.29, 1.82) is 0 Å². The van der Waals surface area contributed by atoms with Crippen LogP contribution < -0.4 is 10.1 Å². The first-order chi connectivity index (χ1) is 10.9. The topological polar surface area (TPSA) is 95.9 Å². The fourth-order valence-electron chi connectivity index (χ4n) is 2.53. The Balaban J connectivity index is 1.95. The van der Waals surface area contributed by atoms with Crippen molar-refractivity contribution in [3.05, 3.63) is 22.2 Å². The number of halogens is 1. The highest BCUT2D eigenvalue weighted by atomic mass is 79.9. The third kappa shape index (κ3) is 3.03. The van der Waals surface area contributed by atoms with Gasteiger partial charge < -0.3 is 20.1 Å². The Hall–Kier alpha value is -2.09. The van der Waals surface area contributed by atoms with Crippen LogP contribution in [-0.2, 0) is 9.59 Å². The molecule has 2 aliphatic rings. The van der Waals surface area contributed by atoms with Gasteiger partial charge in [0.2, 0.25) is 0 Å². The van der Waals surface area contributed by atoms with Crippen molar-refractivity contribution >= 4 is 39.4 Å². The van der Waals surface area contributed by atoms with Crippen molar-refractivity contribution in [2.24, 2.45) is 0 Å². The van der Waals surface area contributed by atoms with Gasteiger partial charge in [0.15, 0.2) is 6.61 Å². The molecule has 1 aliphatic heterocycles. The van der Waals surface area contributed by atoms with Crippen molar-refractivity contribution in [3.8, 4) is 5.75 Å². The van der Waals surface area contributed by atoms with Gasteiger partial charge in [-0.1, -0.05) is 0 Å². The van der Waals surface area contributed by atoms with Gasteiger partial charge in [0.25, 0.3) is 11.8 Å². The van der Waals surface area contributed by atoms with Crippen LogP contribution in [0.1, 0.15) is 30.1 Å². The highest BCUT2D eigenvalue weighted by Gasteiger charge is 2.39. The summed E-state index contributed by atoms with van der Waals surface area (Å²) >= 11 is 3.32. The molecule has 2 amide bonds. The minimum absolute atomic E-state index is 0.0443. The Morgan fingerprint density at radius 1 is 1.43 bits per heavy atom. The second kappa shape index (κ2) is 5.84. The van der Waals surface area contributed by atoms with Gasteiger partial charge in [-0.25, -0.2) is 4.79 Å². The van der Waals surface area contributed by atoms with E-state index in [0.717, 1.165) is 12.8 Å². The SMILES string of the molecule is CC(C(=O)O)N(C(=O)c1cc2c(cc1Br)NC(=O)CO2)C1CC1. The van der Waals surface area contributed by atoms with Crippen LogP contribution in [0.4, 0.5) is 5.69 Å². The molecule has 1 atom stereocenters. The van der Waals surface area contributed by atoms with Crippen molar-refractivity contribution < 1.29 is 24.2 Å². The summed E-state index contributed by atoms with van der Waals surface area (Å²) in [5.74, 6) is -1.27. The molecule has 0 radical (unpaired) electrons. The monoisotopic (exact) mass is 382 g/mol. The first-order valence-electron chi connectivity index (χ1n) is 7.20. The molecule has 1 aliphatic carbocycles. The number of anilines is 1. The summed E-state index contributed by atoms with van der Waals surface area (Å²) < 4.78 is 5.81. The van der Waals surface area contributed by atoms with E-state index in [4.69, 9.17) is 4.74 Å². The van der Waals surface area contributed by atoms with Crippen LogP contribution in [-0.4, -0.2) is 46.5 Å². The van der Waals surface area contributed by atoms with Gasteiger partial charge in [0.05, 0.1) is 11.3 Å². The summed E-state index contributed by atoms with van der Waals surface area (Å²) in [4.78, 5) is 36.9. The van der Waals surface area contributed by atoms with Crippen molar-refractivity contribution in [1.82, 2.24) is 4.90 Å². The van der Waals surface area contributed by atoms with Crippen LogP contribution in [0.15, 0.2) is 16.6 Å². The maximum atomic E-state index is 12.8. The summed E-state index contributed by atoms with van der Waals surface area (Å²) in [5, 5.41) is 11.9. The number of amides is 2. The number of nitrogens with zero attached hydrogens (tertiary/aromatic N) is 1. The number of rotatable bonds is 4. The van der Waals surface area contributed by atoms with E-state index < -0.39 is 12.0 Å². The average molecular weight is 383 g/mol. The Kier molecular flexibility index (Phi) is 4.01. The van der Waals surface area contributed by atoms with Crippen molar-refractivity contribution in [3.63, 3.8) is 0 Å². The number of carboxylic acids is 1. The lowest BCUT2D eigenvalue weighted by atomic mass is 10.1. The molecule has 122 valence electrons. The summed E-state index contributed by atoms with van der Waals surface area (Å²) in [6.07, 6.45) is 1.61. The van der Waals surface area contributed by atoms with Crippen molar-refractivity contribution in [2.45, 2.75) is 31.8 Å². The van der Waals surface area contributed by atoms with Gasteiger partial charge in [0, 0.05) is 10.5 Å². The Labute approximate surface area is 140 Å². The second-order valence-corrected chi connectivity index (χ2v) is 6.48. The fourth-order valence-corrected chi connectivity index (χ4v) is 3.05. The Morgan fingerprint density at radius 2 is 2.13 bits per heavy atom. The molecule has 3 rings (SSSR count). The van der Waals surface area contributed by atoms with Crippen molar-refractivity contribution in [2.75, 3.05) is 11.9 Å². The molecule has 0 aromatic heterocycles. The summed E-state index contributed by atoms with van der Waals surface area (Å²) in [6.45, 7) is 1.39. The molecule has 2 N–H and O–H groups in total. The van der Waals surface area contributed by atoms with E-state index in [2.05, 4.69) is 21.2 Å². The van der Waals surface area contributed by atoms with Crippen LogP contribution in [0.3, 0.4) is 0 Å². The lowest BCUT2D eigenvalue weighted by Gasteiger charge is -2.27. The smallest absolute Gasteiger partial charge is 0.326 e. The lowest BCUT2D eigenvalue weighted by Crippen LogP contribution is -2.44. The standard InChI is InChI=1S/C15H15BrN2O5/c1-7(15(21)22)18(8-2-3-8)14(20)9-4-12-11(5-10(9)16)17-13(19)6-23-12/h4-5,7-8H,2-3,6H2,1H3,(H,17,19)(H,21,22). The molecule has 1 unspecified atom stereocenters. The van der Waals surface area contributed by atoms with Crippen LogP contribution in [0, 0.1) is 0 Å². The largest absolute Gasteiger partial charge is 0.482 e. The van der Waals surface area contributed by atoms with Gasteiger partial charge in [-0.2, -0.15) is 0 Å². The molecule has 1 saturated carbocycles. The van der Waals surface area contributed by atoms with E-state index in [0.29, 0.717) is 21.5 Å². The minimum Gasteiger partial charge on any atom is -0.482 e. The van der Waals surface area contributed by atoms with E-state index in [-0.39, 0.29) is 24.5 Å². The van der Waals surface area contributed by atoms with Gasteiger partial charge in [-0.15, -0.1) is 0 Å². The third-order valence-corrected chi connectivity index (χ3v) is 4.54. The summed E-state index contributed by atoms with van der Waals surface area (Å²) in [7, 11) is 0. The predicted octanol–water partition coefficient (Wildman–Crippen LogP) is 1.86. The van der Waals surface area contributed by atoms with Crippen LogP contribution in [0.25, 0.3) is 0 Å². The summed E-state index contributed by atoms with van der Waals surface area (Å²) in [6, 6.07) is 2.18. The number of fused-ring (bicyclic) bond motifs is 1. The molecule has 1 aromatic rings. The van der Waals surface area contributed by atoms with E-state index >= 15 is 0 Å². The molecule has 1 aromatic carbocycles. The van der Waals surface area contributed by atoms with Gasteiger partial charge in [0.1, 0.15) is 11.8 Å². The average Bonchev–Trinajstić information content (AvgIpc) is 3.31. The number of nitrogens with one attached hydrogen (secondary N) is 1. The lowest BCUT2D eigenvalue weighted by molar-refractivity contribution is -0.141. The fraction of sp³-hybridized carbons (Fsp3) is 0.400. The normalized spacial score (nSPS) is 17.6. The Morgan fingerprint density at radius 3 is 2.74 bits per heavy atom. The van der Waals surface area contributed by atoms with Gasteiger partial charge >= 0.3 is 5.97 Å². The number of aliphatic carboxylic acids is 1. The zero-order chi connectivity index (χ0) is 16.7. The third-order valence-electron chi connectivity index (χ3n) is 3.88. The molecule has 0 spiro atoms.